The molecule has 0 fully saturated rings. The van der Waals surface area contributed by atoms with E-state index in [4.69, 9.17) is 11.6 Å². The van der Waals surface area contributed by atoms with Gasteiger partial charge in [-0.2, -0.15) is 13.2 Å². The summed E-state index contributed by atoms with van der Waals surface area (Å²) < 4.78 is 38.6. The zero-order valence-corrected chi connectivity index (χ0v) is 9.55. The lowest BCUT2D eigenvalue weighted by Crippen LogP contribution is -2.13. The Labute approximate surface area is 101 Å². The highest BCUT2D eigenvalue weighted by atomic mass is 35.5. The van der Waals surface area contributed by atoms with Gasteiger partial charge >= 0.3 is 6.18 Å². The molecular weight excluding hydrogens is 253 g/mol. The molecule has 1 aromatic carbocycles. The van der Waals surface area contributed by atoms with Gasteiger partial charge in [-0.05, 0) is 12.1 Å². The average molecular weight is 261 g/mol. The molecule has 2 nitrogen and oxygen atoms in total. The summed E-state index contributed by atoms with van der Waals surface area (Å²) in [6.07, 6.45) is -3.26. The van der Waals surface area contributed by atoms with Crippen LogP contribution >= 0.6 is 11.6 Å². The summed E-state index contributed by atoms with van der Waals surface area (Å²) in [5.41, 5.74) is 0.975. The van der Waals surface area contributed by atoms with Crippen LogP contribution in [0.2, 0.25) is 5.02 Å². The Bertz CT molecular complexity index is 546. The van der Waals surface area contributed by atoms with Crippen molar-refractivity contribution in [3.8, 4) is 11.3 Å². The van der Waals surface area contributed by atoms with Gasteiger partial charge in [-0.25, -0.2) is 4.98 Å². The van der Waals surface area contributed by atoms with Crippen molar-refractivity contribution < 1.29 is 13.2 Å². The monoisotopic (exact) mass is 260 g/mol. The first kappa shape index (κ1) is 12.0. The summed E-state index contributed by atoms with van der Waals surface area (Å²) in [7, 11) is 1.33. The minimum Gasteiger partial charge on any atom is -0.324 e. The molecule has 6 heteroatoms. The summed E-state index contributed by atoms with van der Waals surface area (Å²) in [5, 5.41) is 0.470. The average Bonchev–Trinajstić information content (AvgIpc) is 2.59. The molecule has 0 unspecified atom stereocenters. The Kier molecular flexibility index (Phi) is 2.87. The molecule has 0 amide bonds. The second kappa shape index (κ2) is 4.07. The van der Waals surface area contributed by atoms with Crippen LogP contribution in [0.1, 0.15) is 5.82 Å². The summed E-state index contributed by atoms with van der Waals surface area (Å²) in [5.74, 6) is -0.924. The van der Waals surface area contributed by atoms with E-state index in [0.717, 1.165) is 4.57 Å². The van der Waals surface area contributed by atoms with Gasteiger partial charge in [-0.1, -0.05) is 23.7 Å². The Morgan fingerprint density at radius 2 is 2.00 bits per heavy atom. The highest BCUT2D eigenvalue weighted by molar-refractivity contribution is 6.30. The van der Waals surface area contributed by atoms with Crippen LogP contribution in [0.3, 0.4) is 0 Å². The smallest absolute Gasteiger partial charge is 0.324 e. The van der Waals surface area contributed by atoms with Crippen molar-refractivity contribution >= 4 is 11.6 Å². The zero-order chi connectivity index (χ0) is 12.6. The molecule has 0 atom stereocenters. The second-order valence-electron chi connectivity index (χ2n) is 3.53. The van der Waals surface area contributed by atoms with E-state index in [-0.39, 0.29) is 0 Å². The number of nitrogens with zero attached hydrogens (tertiary/aromatic N) is 2. The highest BCUT2D eigenvalue weighted by Gasteiger charge is 2.36. The summed E-state index contributed by atoms with van der Waals surface area (Å²) in [4.78, 5) is 3.39. The molecule has 0 aliphatic heterocycles. The Balaban J connectivity index is 2.52. The van der Waals surface area contributed by atoms with Crippen molar-refractivity contribution in [2.24, 2.45) is 7.05 Å². The van der Waals surface area contributed by atoms with E-state index in [1.165, 1.54) is 13.2 Å². The standard InChI is InChI=1S/C11H8ClF3N2/c1-17-9(6-16-10(17)11(13,14)15)7-3-2-4-8(12)5-7/h2-6H,1H3. The molecule has 2 rings (SSSR count). The van der Waals surface area contributed by atoms with Crippen LogP contribution in [0.4, 0.5) is 13.2 Å². The maximum Gasteiger partial charge on any atom is 0.449 e. The minimum absolute atomic E-state index is 0.375. The first-order chi connectivity index (χ1) is 7.89. The predicted octanol–water partition coefficient (Wildman–Crippen LogP) is 3.76. The topological polar surface area (TPSA) is 17.8 Å². The van der Waals surface area contributed by atoms with E-state index in [1.54, 1.807) is 24.3 Å². The number of alkyl halides is 3. The van der Waals surface area contributed by atoms with Crippen LogP contribution in [0.15, 0.2) is 30.5 Å². The third kappa shape index (κ3) is 2.29. The fraction of sp³-hybridized carbons (Fsp3) is 0.182. The van der Waals surface area contributed by atoms with E-state index in [9.17, 15) is 13.2 Å². The molecule has 0 bridgehead atoms. The van der Waals surface area contributed by atoms with Gasteiger partial charge in [0.25, 0.3) is 0 Å². The molecular formula is C11H8ClF3N2. The van der Waals surface area contributed by atoms with Crippen molar-refractivity contribution in [1.29, 1.82) is 0 Å². The predicted molar refractivity (Wildman–Crippen MR) is 58.7 cm³/mol. The van der Waals surface area contributed by atoms with Crippen molar-refractivity contribution in [3.63, 3.8) is 0 Å². The molecule has 0 aliphatic rings. The quantitative estimate of drug-likeness (QED) is 0.763. The number of hydrogen-bond acceptors (Lipinski definition) is 1. The van der Waals surface area contributed by atoms with Gasteiger partial charge in [0.2, 0.25) is 5.82 Å². The Morgan fingerprint density at radius 3 is 2.53 bits per heavy atom. The lowest BCUT2D eigenvalue weighted by Gasteiger charge is -2.08. The van der Waals surface area contributed by atoms with Gasteiger partial charge in [-0.3, -0.25) is 0 Å². The molecule has 0 saturated carbocycles. The number of hydrogen-bond donors (Lipinski definition) is 0. The third-order valence-corrected chi connectivity index (χ3v) is 2.60. The Morgan fingerprint density at radius 1 is 1.29 bits per heavy atom. The number of aromatic nitrogens is 2. The Hall–Kier alpha value is -1.49. The van der Waals surface area contributed by atoms with E-state index in [0.29, 0.717) is 16.3 Å². The second-order valence-corrected chi connectivity index (χ2v) is 3.97. The van der Waals surface area contributed by atoms with Crippen LogP contribution in [0.25, 0.3) is 11.3 Å². The van der Waals surface area contributed by atoms with Crippen LogP contribution in [0.5, 0.6) is 0 Å². The summed E-state index contributed by atoms with van der Waals surface area (Å²) >= 11 is 5.79. The van der Waals surface area contributed by atoms with Gasteiger partial charge in [0.15, 0.2) is 0 Å². The number of halogens is 4. The normalized spacial score (nSPS) is 11.8. The van der Waals surface area contributed by atoms with Gasteiger partial charge in [-0.15, -0.1) is 0 Å². The number of rotatable bonds is 1. The van der Waals surface area contributed by atoms with Gasteiger partial charge in [0.05, 0.1) is 11.9 Å². The van der Waals surface area contributed by atoms with Gasteiger partial charge in [0.1, 0.15) is 0 Å². The molecule has 90 valence electrons. The van der Waals surface area contributed by atoms with Crippen molar-refractivity contribution in [2.45, 2.75) is 6.18 Å². The van der Waals surface area contributed by atoms with Gasteiger partial charge < -0.3 is 4.57 Å². The van der Waals surface area contributed by atoms with E-state index in [1.807, 2.05) is 0 Å². The lowest BCUT2D eigenvalue weighted by molar-refractivity contribution is -0.146. The zero-order valence-electron chi connectivity index (χ0n) is 8.79. The van der Waals surface area contributed by atoms with Crippen molar-refractivity contribution in [3.05, 3.63) is 41.3 Å². The molecule has 0 saturated heterocycles. The molecule has 0 spiro atoms. The van der Waals surface area contributed by atoms with Crippen LogP contribution in [-0.2, 0) is 13.2 Å². The first-order valence-electron chi connectivity index (χ1n) is 4.74. The number of imidazole rings is 1. The van der Waals surface area contributed by atoms with E-state index < -0.39 is 12.0 Å². The molecule has 0 aliphatic carbocycles. The van der Waals surface area contributed by atoms with Crippen LogP contribution < -0.4 is 0 Å². The van der Waals surface area contributed by atoms with Crippen LogP contribution in [0, 0.1) is 0 Å². The fourth-order valence-corrected chi connectivity index (χ4v) is 1.78. The largest absolute Gasteiger partial charge is 0.449 e. The lowest BCUT2D eigenvalue weighted by atomic mass is 10.2. The minimum atomic E-state index is -4.45. The maximum absolute atomic E-state index is 12.5. The molecule has 0 radical (unpaired) electrons. The SMILES string of the molecule is Cn1c(-c2cccc(Cl)c2)cnc1C(F)(F)F. The van der Waals surface area contributed by atoms with Crippen molar-refractivity contribution in [1.82, 2.24) is 9.55 Å². The summed E-state index contributed by atoms with van der Waals surface area (Å²) in [6, 6.07) is 6.62. The third-order valence-electron chi connectivity index (χ3n) is 2.36. The maximum atomic E-state index is 12.5. The van der Waals surface area contributed by atoms with Gasteiger partial charge in [0, 0.05) is 17.6 Å². The van der Waals surface area contributed by atoms with Crippen LogP contribution in [-0.4, -0.2) is 9.55 Å². The van der Waals surface area contributed by atoms with E-state index in [2.05, 4.69) is 4.98 Å². The number of benzene rings is 1. The fourth-order valence-electron chi connectivity index (χ4n) is 1.59. The molecule has 2 aromatic rings. The van der Waals surface area contributed by atoms with Crippen molar-refractivity contribution in [2.75, 3.05) is 0 Å². The molecule has 17 heavy (non-hydrogen) atoms. The molecule has 1 heterocycles. The summed E-state index contributed by atoms with van der Waals surface area (Å²) in [6.45, 7) is 0. The van der Waals surface area contributed by atoms with E-state index >= 15 is 0 Å². The highest BCUT2D eigenvalue weighted by Crippen LogP contribution is 2.31. The molecule has 0 N–H and O–H groups in total. The first-order valence-corrected chi connectivity index (χ1v) is 5.12. The molecule has 1 aromatic heterocycles.